The van der Waals surface area contributed by atoms with Gasteiger partial charge in [-0.25, -0.2) is 4.98 Å². The van der Waals surface area contributed by atoms with Gasteiger partial charge in [0.25, 0.3) is 5.91 Å². The zero-order valence-corrected chi connectivity index (χ0v) is 11.5. The molecule has 0 aliphatic rings. The summed E-state index contributed by atoms with van der Waals surface area (Å²) in [4.78, 5) is 16.3. The van der Waals surface area contributed by atoms with Crippen molar-refractivity contribution in [3.8, 4) is 0 Å². The van der Waals surface area contributed by atoms with Crippen molar-refractivity contribution in [1.29, 1.82) is 0 Å². The van der Waals surface area contributed by atoms with Crippen molar-refractivity contribution in [2.24, 2.45) is 0 Å². The van der Waals surface area contributed by atoms with Gasteiger partial charge in [-0.15, -0.1) is 11.3 Å². The van der Waals surface area contributed by atoms with Crippen molar-refractivity contribution in [2.75, 3.05) is 0 Å². The number of nitrogens with one attached hydrogen (secondary N) is 1. The molecule has 1 N–H and O–H groups in total. The lowest BCUT2D eigenvalue weighted by Gasteiger charge is -2.00. The van der Waals surface area contributed by atoms with Gasteiger partial charge in [-0.2, -0.15) is 0 Å². The van der Waals surface area contributed by atoms with Crippen LogP contribution in [0.15, 0.2) is 58.9 Å². The number of rotatable bonds is 3. The van der Waals surface area contributed by atoms with E-state index in [1.54, 1.807) is 23.5 Å². The van der Waals surface area contributed by atoms with Gasteiger partial charge < -0.3 is 0 Å². The van der Waals surface area contributed by atoms with Crippen molar-refractivity contribution in [1.82, 2.24) is 9.71 Å². The minimum absolute atomic E-state index is 0.107. The zero-order chi connectivity index (χ0) is 13.1. The van der Waals surface area contributed by atoms with Crippen LogP contribution in [0, 0.1) is 0 Å². The lowest BCUT2D eigenvalue weighted by atomic mass is 10.2. The molecule has 0 unspecified atom stereocenters. The van der Waals surface area contributed by atoms with Gasteiger partial charge >= 0.3 is 0 Å². The van der Waals surface area contributed by atoms with Gasteiger partial charge in [-0.1, -0.05) is 30.3 Å². The minimum Gasteiger partial charge on any atom is -0.290 e. The molecule has 94 valence electrons. The number of hydrogen-bond acceptors (Lipinski definition) is 4. The van der Waals surface area contributed by atoms with E-state index in [1.807, 2.05) is 42.5 Å². The van der Waals surface area contributed by atoms with E-state index in [0.29, 0.717) is 5.56 Å². The van der Waals surface area contributed by atoms with E-state index >= 15 is 0 Å². The average molecular weight is 286 g/mol. The van der Waals surface area contributed by atoms with Crippen LogP contribution in [0.4, 0.5) is 0 Å². The van der Waals surface area contributed by atoms with Crippen molar-refractivity contribution < 1.29 is 4.79 Å². The molecule has 0 fully saturated rings. The summed E-state index contributed by atoms with van der Waals surface area (Å²) >= 11 is 2.83. The fourth-order valence-corrected chi connectivity index (χ4v) is 3.33. The monoisotopic (exact) mass is 286 g/mol. The first kappa shape index (κ1) is 12.2. The average Bonchev–Trinajstić information content (AvgIpc) is 2.88. The molecule has 1 amide bonds. The first-order valence-electron chi connectivity index (χ1n) is 5.71. The Balaban J connectivity index is 1.71. The zero-order valence-electron chi connectivity index (χ0n) is 9.87. The Morgan fingerprint density at radius 3 is 2.58 bits per heavy atom. The first-order valence-corrected chi connectivity index (χ1v) is 7.34. The molecular formula is C14H10N2OS2. The molecule has 0 saturated heterocycles. The smallest absolute Gasteiger partial charge is 0.261 e. The molecule has 5 heteroatoms. The molecule has 0 atom stereocenters. The van der Waals surface area contributed by atoms with E-state index in [4.69, 9.17) is 0 Å². The summed E-state index contributed by atoms with van der Waals surface area (Å²) in [6.45, 7) is 0. The third-order valence-corrected chi connectivity index (χ3v) is 4.43. The number of aromatic nitrogens is 1. The predicted molar refractivity (Wildman–Crippen MR) is 79.4 cm³/mol. The highest BCUT2D eigenvalue weighted by Crippen LogP contribution is 2.27. The maximum Gasteiger partial charge on any atom is 0.261 e. The fraction of sp³-hybridized carbons (Fsp3) is 0. The Kier molecular flexibility index (Phi) is 3.48. The van der Waals surface area contributed by atoms with Crippen molar-refractivity contribution in [3.05, 3.63) is 60.2 Å². The second-order valence-corrected chi connectivity index (χ2v) is 5.93. The Hall–Kier alpha value is -1.85. The van der Waals surface area contributed by atoms with E-state index in [0.717, 1.165) is 14.6 Å². The lowest BCUT2D eigenvalue weighted by Crippen LogP contribution is -2.15. The molecule has 3 rings (SSSR count). The Bertz CT molecular complexity index is 677. The number of nitrogens with zero attached hydrogens (tertiary/aromatic N) is 1. The van der Waals surface area contributed by atoms with Gasteiger partial charge in [0, 0.05) is 17.5 Å². The molecule has 0 radical (unpaired) electrons. The van der Waals surface area contributed by atoms with Gasteiger partial charge in [-0.3, -0.25) is 9.52 Å². The summed E-state index contributed by atoms with van der Waals surface area (Å²) in [5.41, 5.74) is 1.61. The summed E-state index contributed by atoms with van der Waals surface area (Å²) in [7, 11) is 0. The third-order valence-electron chi connectivity index (χ3n) is 2.54. The van der Waals surface area contributed by atoms with Gasteiger partial charge in [0.05, 0.1) is 10.2 Å². The largest absolute Gasteiger partial charge is 0.290 e. The van der Waals surface area contributed by atoms with Crippen LogP contribution in [0.25, 0.3) is 10.2 Å². The lowest BCUT2D eigenvalue weighted by molar-refractivity contribution is 0.0984. The topological polar surface area (TPSA) is 42.0 Å². The van der Waals surface area contributed by atoms with Gasteiger partial charge in [0.15, 0.2) is 4.34 Å². The molecule has 0 aliphatic carbocycles. The SMILES string of the molecule is O=C(NSc1nc2ccccc2s1)c1ccccc1. The van der Waals surface area contributed by atoms with E-state index in [-0.39, 0.29) is 5.91 Å². The van der Waals surface area contributed by atoms with Crippen LogP contribution in [-0.2, 0) is 0 Å². The molecule has 1 aromatic heterocycles. The number of benzene rings is 2. The Morgan fingerprint density at radius 1 is 1.05 bits per heavy atom. The Morgan fingerprint density at radius 2 is 1.79 bits per heavy atom. The van der Waals surface area contributed by atoms with Gasteiger partial charge in [0.1, 0.15) is 0 Å². The second kappa shape index (κ2) is 5.42. The number of thiazole rings is 1. The van der Waals surface area contributed by atoms with Crippen molar-refractivity contribution >= 4 is 39.4 Å². The molecule has 0 saturated carbocycles. The van der Waals surface area contributed by atoms with Crippen LogP contribution in [0.5, 0.6) is 0 Å². The molecule has 19 heavy (non-hydrogen) atoms. The third kappa shape index (κ3) is 2.77. The molecule has 0 aliphatic heterocycles. The number of fused-ring (bicyclic) bond motifs is 1. The van der Waals surface area contributed by atoms with Crippen molar-refractivity contribution in [3.63, 3.8) is 0 Å². The number of para-hydroxylation sites is 1. The highest BCUT2D eigenvalue weighted by Gasteiger charge is 2.08. The number of carbonyl (C=O) groups excluding carboxylic acids is 1. The first-order chi connectivity index (χ1) is 9.33. The number of carbonyl (C=O) groups is 1. The predicted octanol–water partition coefficient (Wildman–Crippen LogP) is 3.73. The quantitative estimate of drug-likeness (QED) is 0.746. The maximum absolute atomic E-state index is 11.9. The van der Waals surface area contributed by atoms with Crippen molar-refractivity contribution in [2.45, 2.75) is 4.34 Å². The highest BCUT2D eigenvalue weighted by molar-refractivity contribution is 7.99. The van der Waals surface area contributed by atoms with E-state index in [2.05, 4.69) is 9.71 Å². The van der Waals surface area contributed by atoms with Crippen LogP contribution < -0.4 is 4.72 Å². The number of hydrogen-bond donors (Lipinski definition) is 1. The number of amides is 1. The summed E-state index contributed by atoms with van der Waals surface area (Å²) in [6, 6.07) is 17.1. The van der Waals surface area contributed by atoms with E-state index in [9.17, 15) is 4.79 Å². The van der Waals surface area contributed by atoms with E-state index in [1.165, 1.54) is 11.9 Å². The molecule has 1 heterocycles. The standard InChI is InChI=1S/C14H10N2OS2/c17-13(10-6-2-1-3-7-10)16-19-14-15-11-8-4-5-9-12(11)18-14/h1-9H,(H,16,17). The molecule has 3 nitrogen and oxygen atoms in total. The minimum atomic E-state index is -0.107. The molecule has 3 aromatic rings. The van der Waals surface area contributed by atoms with Crippen LogP contribution in [0.3, 0.4) is 0 Å². The van der Waals surface area contributed by atoms with Crippen LogP contribution >= 0.6 is 23.3 Å². The summed E-state index contributed by atoms with van der Waals surface area (Å²) < 4.78 is 4.76. The van der Waals surface area contributed by atoms with Gasteiger partial charge in [-0.05, 0) is 24.3 Å². The molecule has 2 aromatic carbocycles. The van der Waals surface area contributed by atoms with E-state index < -0.39 is 0 Å². The molecule has 0 spiro atoms. The van der Waals surface area contributed by atoms with Crippen LogP contribution in [0.1, 0.15) is 10.4 Å². The van der Waals surface area contributed by atoms with Gasteiger partial charge in [0.2, 0.25) is 0 Å². The molecule has 0 bridgehead atoms. The highest BCUT2D eigenvalue weighted by atomic mass is 32.2. The molecular weight excluding hydrogens is 276 g/mol. The van der Waals surface area contributed by atoms with Crippen LogP contribution in [-0.4, -0.2) is 10.9 Å². The van der Waals surface area contributed by atoms with Crippen LogP contribution in [0.2, 0.25) is 0 Å². The summed E-state index contributed by atoms with van der Waals surface area (Å²) in [5.74, 6) is -0.107. The summed E-state index contributed by atoms with van der Waals surface area (Å²) in [5, 5.41) is 0. The maximum atomic E-state index is 11.9. The second-order valence-electron chi connectivity index (χ2n) is 3.85. The normalized spacial score (nSPS) is 10.5. The fourth-order valence-electron chi connectivity index (χ4n) is 1.63. The Labute approximate surface area is 118 Å². The summed E-state index contributed by atoms with van der Waals surface area (Å²) in [6.07, 6.45) is 0.